The molecule has 1 aromatic carbocycles. The van der Waals surface area contributed by atoms with Crippen molar-refractivity contribution in [2.45, 2.75) is 0 Å². The average Bonchev–Trinajstić information content (AvgIpc) is 2.27. The van der Waals surface area contributed by atoms with Gasteiger partial charge in [0.1, 0.15) is 0 Å². The maximum absolute atomic E-state index is 11.4. The number of amides is 1. The summed E-state index contributed by atoms with van der Waals surface area (Å²) in [5, 5.41) is 11.1. The number of carbonyl (C=O) groups excluding carboxylic acids is 1. The molecular formula is C10H9N3O. The molecule has 1 amide bonds. The highest BCUT2D eigenvalue weighted by atomic mass is 16.1. The number of fused-ring (bicyclic) bond motifs is 1. The van der Waals surface area contributed by atoms with E-state index in [0.717, 1.165) is 10.9 Å². The molecule has 4 heteroatoms. The normalized spacial score (nSPS) is 10.1. The van der Waals surface area contributed by atoms with Gasteiger partial charge in [0.25, 0.3) is 5.91 Å². The molecule has 0 fully saturated rings. The summed E-state index contributed by atoms with van der Waals surface area (Å²) in [5.41, 5.74) is 1.28. The first-order valence-corrected chi connectivity index (χ1v) is 4.25. The topological polar surface area (TPSA) is 54.9 Å². The second kappa shape index (κ2) is 3.41. The van der Waals surface area contributed by atoms with E-state index in [1.807, 2.05) is 24.3 Å². The summed E-state index contributed by atoms with van der Waals surface area (Å²) in [4.78, 5) is 11.4. The molecule has 0 aliphatic heterocycles. The van der Waals surface area contributed by atoms with Crippen molar-refractivity contribution in [1.82, 2.24) is 15.5 Å². The predicted molar refractivity (Wildman–Crippen MR) is 52.9 cm³/mol. The lowest BCUT2D eigenvalue weighted by atomic mass is 10.1. The van der Waals surface area contributed by atoms with Crippen molar-refractivity contribution in [2.75, 3.05) is 7.05 Å². The Morgan fingerprint density at radius 1 is 1.36 bits per heavy atom. The molecule has 0 saturated carbocycles. The van der Waals surface area contributed by atoms with Crippen LogP contribution in [0.15, 0.2) is 30.5 Å². The summed E-state index contributed by atoms with van der Waals surface area (Å²) in [6.45, 7) is 0. The summed E-state index contributed by atoms with van der Waals surface area (Å²) in [5.74, 6) is -0.142. The number of carbonyl (C=O) groups is 1. The smallest absolute Gasteiger partial charge is 0.253 e. The van der Waals surface area contributed by atoms with E-state index >= 15 is 0 Å². The van der Waals surface area contributed by atoms with Crippen molar-refractivity contribution in [3.05, 3.63) is 36.0 Å². The molecular weight excluding hydrogens is 178 g/mol. The number of nitrogens with one attached hydrogen (secondary N) is 1. The third kappa shape index (κ3) is 1.31. The van der Waals surface area contributed by atoms with E-state index in [1.165, 1.54) is 6.20 Å². The fourth-order valence-electron chi connectivity index (χ4n) is 1.32. The van der Waals surface area contributed by atoms with E-state index in [4.69, 9.17) is 0 Å². The number of aromatic nitrogens is 2. The van der Waals surface area contributed by atoms with Gasteiger partial charge in [0.2, 0.25) is 0 Å². The lowest BCUT2D eigenvalue weighted by Crippen LogP contribution is -2.18. The minimum atomic E-state index is -0.142. The molecule has 0 aliphatic rings. The molecule has 70 valence electrons. The van der Waals surface area contributed by atoms with Crippen molar-refractivity contribution in [1.29, 1.82) is 0 Å². The number of rotatable bonds is 1. The molecule has 1 aromatic heterocycles. The highest BCUT2D eigenvalue weighted by molar-refractivity contribution is 6.05. The fourth-order valence-corrected chi connectivity index (χ4v) is 1.32. The van der Waals surface area contributed by atoms with Crippen molar-refractivity contribution in [3.63, 3.8) is 0 Å². The quantitative estimate of drug-likeness (QED) is 0.724. The Hall–Kier alpha value is -1.97. The van der Waals surface area contributed by atoms with Crippen LogP contribution in [0.2, 0.25) is 0 Å². The monoisotopic (exact) mass is 187 g/mol. The van der Waals surface area contributed by atoms with Crippen LogP contribution in [0, 0.1) is 0 Å². The van der Waals surface area contributed by atoms with Gasteiger partial charge in [-0.3, -0.25) is 4.79 Å². The maximum Gasteiger partial charge on any atom is 0.253 e. The second-order valence-corrected chi connectivity index (χ2v) is 2.85. The zero-order valence-corrected chi connectivity index (χ0v) is 7.69. The molecule has 0 saturated heterocycles. The van der Waals surface area contributed by atoms with Crippen LogP contribution in [0.5, 0.6) is 0 Å². The highest BCUT2D eigenvalue weighted by Crippen LogP contribution is 2.14. The van der Waals surface area contributed by atoms with Gasteiger partial charge in [-0.05, 0) is 6.07 Å². The molecule has 0 bridgehead atoms. The largest absolute Gasteiger partial charge is 0.355 e. The van der Waals surface area contributed by atoms with Crippen LogP contribution in [-0.4, -0.2) is 23.2 Å². The van der Waals surface area contributed by atoms with E-state index in [-0.39, 0.29) is 5.91 Å². The fraction of sp³-hybridized carbons (Fsp3) is 0.100. The third-order valence-corrected chi connectivity index (χ3v) is 2.02. The van der Waals surface area contributed by atoms with E-state index in [0.29, 0.717) is 5.56 Å². The Labute approximate surface area is 81.0 Å². The molecule has 2 rings (SSSR count). The zero-order valence-electron chi connectivity index (χ0n) is 7.69. The minimum absolute atomic E-state index is 0.142. The molecule has 4 nitrogen and oxygen atoms in total. The lowest BCUT2D eigenvalue weighted by Gasteiger charge is -2.02. The summed E-state index contributed by atoms with van der Waals surface area (Å²) >= 11 is 0. The van der Waals surface area contributed by atoms with Gasteiger partial charge in [-0.25, -0.2) is 0 Å². The van der Waals surface area contributed by atoms with Crippen LogP contribution in [0.25, 0.3) is 10.9 Å². The van der Waals surface area contributed by atoms with Gasteiger partial charge in [-0.2, -0.15) is 10.2 Å². The molecule has 1 N–H and O–H groups in total. The van der Waals surface area contributed by atoms with Crippen molar-refractivity contribution in [2.24, 2.45) is 0 Å². The molecule has 0 spiro atoms. The molecule has 0 atom stereocenters. The van der Waals surface area contributed by atoms with Gasteiger partial charge < -0.3 is 5.32 Å². The van der Waals surface area contributed by atoms with Gasteiger partial charge in [-0.15, -0.1) is 0 Å². The van der Waals surface area contributed by atoms with Crippen LogP contribution in [0.3, 0.4) is 0 Å². The molecule has 14 heavy (non-hydrogen) atoms. The first-order chi connectivity index (χ1) is 6.83. The van der Waals surface area contributed by atoms with Gasteiger partial charge in [0.05, 0.1) is 17.3 Å². The predicted octanol–water partition coefficient (Wildman–Crippen LogP) is 0.989. The number of hydrogen-bond acceptors (Lipinski definition) is 3. The van der Waals surface area contributed by atoms with Gasteiger partial charge >= 0.3 is 0 Å². The SMILES string of the molecule is CNC(=O)c1cnnc2ccccc12. The Kier molecular flexibility index (Phi) is 2.10. The van der Waals surface area contributed by atoms with E-state index in [1.54, 1.807) is 7.05 Å². The Bertz CT molecular complexity index is 476. The Balaban J connectivity index is 2.71. The molecule has 0 aliphatic carbocycles. The van der Waals surface area contributed by atoms with Crippen LogP contribution in [0.1, 0.15) is 10.4 Å². The maximum atomic E-state index is 11.4. The molecule has 0 unspecified atom stereocenters. The standard InChI is InChI=1S/C10H9N3O/c1-11-10(14)8-6-12-13-9-5-3-2-4-7(8)9/h2-6H,1H3,(H,11,14). The second-order valence-electron chi connectivity index (χ2n) is 2.85. The third-order valence-electron chi connectivity index (χ3n) is 2.02. The molecule has 0 radical (unpaired) electrons. The minimum Gasteiger partial charge on any atom is -0.355 e. The van der Waals surface area contributed by atoms with E-state index < -0.39 is 0 Å². The average molecular weight is 187 g/mol. The number of nitrogens with zero attached hydrogens (tertiary/aromatic N) is 2. The van der Waals surface area contributed by atoms with Gasteiger partial charge in [0.15, 0.2) is 0 Å². The highest BCUT2D eigenvalue weighted by Gasteiger charge is 2.08. The summed E-state index contributed by atoms with van der Waals surface area (Å²) in [6.07, 6.45) is 1.47. The van der Waals surface area contributed by atoms with E-state index in [2.05, 4.69) is 15.5 Å². The van der Waals surface area contributed by atoms with Crippen LogP contribution in [-0.2, 0) is 0 Å². The summed E-state index contributed by atoms with van der Waals surface area (Å²) < 4.78 is 0. The molecule has 2 aromatic rings. The Morgan fingerprint density at radius 2 is 2.14 bits per heavy atom. The van der Waals surface area contributed by atoms with Crippen molar-refractivity contribution in [3.8, 4) is 0 Å². The summed E-state index contributed by atoms with van der Waals surface area (Å²) in [6, 6.07) is 7.42. The van der Waals surface area contributed by atoms with Crippen LogP contribution >= 0.6 is 0 Å². The summed E-state index contributed by atoms with van der Waals surface area (Å²) in [7, 11) is 1.59. The van der Waals surface area contributed by atoms with E-state index in [9.17, 15) is 4.79 Å². The van der Waals surface area contributed by atoms with Gasteiger partial charge in [0, 0.05) is 12.4 Å². The van der Waals surface area contributed by atoms with Gasteiger partial charge in [-0.1, -0.05) is 18.2 Å². The molecule has 1 heterocycles. The number of benzene rings is 1. The van der Waals surface area contributed by atoms with Crippen molar-refractivity contribution < 1.29 is 4.79 Å². The number of hydrogen-bond donors (Lipinski definition) is 1. The van der Waals surface area contributed by atoms with Crippen LogP contribution < -0.4 is 5.32 Å². The first kappa shape index (κ1) is 8.62. The zero-order chi connectivity index (χ0) is 9.97. The van der Waals surface area contributed by atoms with Crippen LogP contribution in [0.4, 0.5) is 0 Å². The first-order valence-electron chi connectivity index (χ1n) is 4.25. The Morgan fingerprint density at radius 3 is 2.93 bits per heavy atom. The lowest BCUT2D eigenvalue weighted by molar-refractivity contribution is 0.0964. The van der Waals surface area contributed by atoms with Crippen molar-refractivity contribution >= 4 is 16.8 Å².